The summed E-state index contributed by atoms with van der Waals surface area (Å²) in [4.78, 5) is 20.8. The van der Waals surface area contributed by atoms with Crippen molar-refractivity contribution in [2.75, 3.05) is 0 Å². The van der Waals surface area contributed by atoms with E-state index in [1.165, 1.54) is 0 Å². The first-order valence-electron chi connectivity index (χ1n) is 5.93. The van der Waals surface area contributed by atoms with Crippen molar-refractivity contribution in [3.63, 3.8) is 0 Å². The van der Waals surface area contributed by atoms with Crippen molar-refractivity contribution in [2.24, 2.45) is 0 Å². The van der Waals surface area contributed by atoms with E-state index in [0.29, 0.717) is 35.6 Å². The van der Waals surface area contributed by atoms with Crippen LogP contribution in [-0.4, -0.2) is 12.6 Å². The summed E-state index contributed by atoms with van der Waals surface area (Å²) < 4.78 is 10.3. The zero-order valence-electron chi connectivity index (χ0n) is 10.6. The fourth-order valence-corrected chi connectivity index (χ4v) is 1.47. The monoisotopic (exact) mass is 268 g/mol. The summed E-state index contributed by atoms with van der Waals surface area (Å²) in [5, 5.41) is 0. The quantitative estimate of drug-likeness (QED) is 0.591. The van der Waals surface area contributed by atoms with Crippen molar-refractivity contribution in [2.45, 2.75) is 0 Å². The Kier molecular flexibility index (Phi) is 4.67. The number of carbonyl (C=O) groups excluding carboxylic acids is 2. The fraction of sp³-hybridized carbons (Fsp3) is 0. The molecule has 0 fully saturated rings. The summed E-state index contributed by atoms with van der Waals surface area (Å²) in [5.74, 6) is 1.83. The van der Waals surface area contributed by atoms with Gasteiger partial charge in [-0.1, -0.05) is 24.3 Å². The number of carbonyl (C=O) groups is 2. The number of hydrogen-bond acceptors (Lipinski definition) is 4. The van der Waals surface area contributed by atoms with E-state index in [-0.39, 0.29) is 0 Å². The van der Waals surface area contributed by atoms with E-state index in [9.17, 15) is 9.59 Å². The Morgan fingerprint density at radius 2 is 1.00 bits per heavy atom. The maximum atomic E-state index is 10.4. The molecular formula is C16H12O4. The fourth-order valence-electron chi connectivity index (χ4n) is 1.47. The molecule has 100 valence electrons. The third-order valence-corrected chi connectivity index (χ3v) is 2.38. The van der Waals surface area contributed by atoms with E-state index in [1.807, 2.05) is 12.2 Å². The molecule has 4 heteroatoms. The average molecular weight is 268 g/mol. The van der Waals surface area contributed by atoms with Gasteiger partial charge < -0.3 is 8.83 Å². The molecule has 0 saturated carbocycles. The Morgan fingerprint density at radius 1 is 0.600 bits per heavy atom. The zero-order valence-corrected chi connectivity index (χ0v) is 10.6. The summed E-state index contributed by atoms with van der Waals surface area (Å²) in [5.41, 5.74) is 0. The highest BCUT2D eigenvalue weighted by Crippen LogP contribution is 2.08. The maximum absolute atomic E-state index is 10.4. The molecule has 0 spiro atoms. The van der Waals surface area contributed by atoms with Crippen LogP contribution in [0.25, 0.3) is 12.2 Å². The van der Waals surface area contributed by atoms with Crippen LogP contribution in [0, 0.1) is 0 Å². The van der Waals surface area contributed by atoms with Gasteiger partial charge in [0.15, 0.2) is 24.1 Å². The van der Waals surface area contributed by atoms with Crippen molar-refractivity contribution in [3.8, 4) is 0 Å². The van der Waals surface area contributed by atoms with Crippen LogP contribution in [0.4, 0.5) is 0 Å². The Bertz CT molecular complexity index is 610. The highest BCUT2D eigenvalue weighted by atomic mass is 16.3. The minimum Gasteiger partial charge on any atom is -0.454 e. The second kappa shape index (κ2) is 6.89. The lowest BCUT2D eigenvalue weighted by Crippen LogP contribution is -1.67. The highest BCUT2D eigenvalue weighted by molar-refractivity contribution is 5.71. The minimum atomic E-state index is 0.303. The Morgan fingerprint density at radius 3 is 1.35 bits per heavy atom. The third kappa shape index (κ3) is 3.81. The van der Waals surface area contributed by atoms with Gasteiger partial charge in [0.2, 0.25) is 0 Å². The van der Waals surface area contributed by atoms with Crippen molar-refractivity contribution < 1.29 is 18.4 Å². The lowest BCUT2D eigenvalue weighted by molar-refractivity contribution is 0.109. The molecule has 0 radical (unpaired) electrons. The predicted molar refractivity (Wildman–Crippen MR) is 75.4 cm³/mol. The number of hydrogen-bond donors (Lipinski definition) is 0. The normalized spacial score (nSPS) is 11.8. The van der Waals surface area contributed by atoms with Crippen molar-refractivity contribution in [3.05, 3.63) is 71.6 Å². The Labute approximate surface area is 115 Å². The van der Waals surface area contributed by atoms with Gasteiger partial charge in [-0.05, 0) is 36.4 Å². The minimum absolute atomic E-state index is 0.303. The SMILES string of the molecule is O=Cc1ccc(/C=C/C=C/C=C/c2ccc(C=O)o2)o1. The molecule has 0 aliphatic carbocycles. The van der Waals surface area contributed by atoms with Crippen LogP contribution in [0.5, 0.6) is 0 Å². The number of allylic oxidation sites excluding steroid dienone is 4. The van der Waals surface area contributed by atoms with Gasteiger partial charge in [-0.25, -0.2) is 0 Å². The molecule has 0 saturated heterocycles. The van der Waals surface area contributed by atoms with Crippen LogP contribution in [0.1, 0.15) is 32.6 Å². The van der Waals surface area contributed by atoms with E-state index in [0.717, 1.165) is 0 Å². The van der Waals surface area contributed by atoms with E-state index in [2.05, 4.69) is 0 Å². The number of furan rings is 2. The molecule has 2 rings (SSSR count). The van der Waals surface area contributed by atoms with Gasteiger partial charge in [0, 0.05) is 0 Å². The van der Waals surface area contributed by atoms with E-state index < -0.39 is 0 Å². The van der Waals surface area contributed by atoms with Crippen molar-refractivity contribution >= 4 is 24.7 Å². The van der Waals surface area contributed by atoms with E-state index in [1.54, 1.807) is 48.6 Å². The van der Waals surface area contributed by atoms with E-state index >= 15 is 0 Å². The summed E-state index contributed by atoms with van der Waals surface area (Å²) >= 11 is 0. The van der Waals surface area contributed by atoms with Crippen LogP contribution in [0.2, 0.25) is 0 Å². The molecule has 4 nitrogen and oxygen atoms in total. The van der Waals surface area contributed by atoms with Gasteiger partial charge in [-0.3, -0.25) is 9.59 Å². The smallest absolute Gasteiger partial charge is 0.185 e. The Balaban J connectivity index is 1.86. The molecule has 0 bridgehead atoms. The number of aldehydes is 2. The molecule has 0 unspecified atom stereocenters. The van der Waals surface area contributed by atoms with E-state index in [4.69, 9.17) is 8.83 Å². The summed E-state index contributed by atoms with van der Waals surface area (Å²) in [6.07, 6.45) is 12.0. The lowest BCUT2D eigenvalue weighted by atomic mass is 10.3. The predicted octanol–water partition coefficient (Wildman–Crippen LogP) is 3.78. The summed E-state index contributed by atoms with van der Waals surface area (Å²) in [7, 11) is 0. The summed E-state index contributed by atoms with van der Waals surface area (Å²) in [6, 6.07) is 6.65. The van der Waals surface area contributed by atoms with Gasteiger partial charge in [-0.15, -0.1) is 0 Å². The largest absolute Gasteiger partial charge is 0.454 e. The molecule has 0 N–H and O–H groups in total. The molecule has 2 aromatic rings. The molecule has 0 aromatic carbocycles. The number of rotatable bonds is 6. The van der Waals surface area contributed by atoms with Crippen molar-refractivity contribution in [1.82, 2.24) is 0 Å². The highest BCUT2D eigenvalue weighted by Gasteiger charge is 1.95. The van der Waals surface area contributed by atoms with Gasteiger partial charge in [-0.2, -0.15) is 0 Å². The molecular weight excluding hydrogens is 256 g/mol. The van der Waals surface area contributed by atoms with Crippen LogP contribution >= 0.6 is 0 Å². The molecule has 0 aliphatic heterocycles. The van der Waals surface area contributed by atoms with Crippen LogP contribution in [-0.2, 0) is 0 Å². The van der Waals surface area contributed by atoms with Crippen LogP contribution in [0.3, 0.4) is 0 Å². The molecule has 2 heterocycles. The van der Waals surface area contributed by atoms with Gasteiger partial charge in [0.1, 0.15) is 11.5 Å². The molecule has 0 aliphatic rings. The molecule has 0 amide bonds. The second-order valence-electron chi connectivity index (χ2n) is 3.82. The van der Waals surface area contributed by atoms with Crippen LogP contribution in [0.15, 0.2) is 57.4 Å². The first-order chi connectivity index (χ1) is 9.81. The standard InChI is InChI=1S/C16H12O4/c17-11-15-9-7-13(19-15)5-3-1-2-4-6-14-8-10-16(12-18)20-14/h1-12H/b2-1+,5-3+,6-4+. The first-order valence-corrected chi connectivity index (χ1v) is 5.93. The van der Waals surface area contributed by atoms with Crippen LogP contribution < -0.4 is 0 Å². The Hall–Kier alpha value is -2.88. The topological polar surface area (TPSA) is 60.4 Å². The molecule has 0 atom stereocenters. The van der Waals surface area contributed by atoms with Gasteiger partial charge >= 0.3 is 0 Å². The lowest BCUT2D eigenvalue weighted by Gasteiger charge is -1.83. The maximum Gasteiger partial charge on any atom is 0.185 e. The second-order valence-corrected chi connectivity index (χ2v) is 3.82. The zero-order chi connectivity index (χ0) is 14.2. The average Bonchev–Trinajstić information content (AvgIpc) is 3.11. The molecule has 2 aromatic heterocycles. The summed E-state index contributed by atoms with van der Waals surface area (Å²) in [6.45, 7) is 0. The molecule has 20 heavy (non-hydrogen) atoms. The van der Waals surface area contributed by atoms with Gasteiger partial charge in [0.05, 0.1) is 0 Å². The third-order valence-electron chi connectivity index (χ3n) is 2.38. The van der Waals surface area contributed by atoms with Crippen molar-refractivity contribution in [1.29, 1.82) is 0 Å². The van der Waals surface area contributed by atoms with Gasteiger partial charge in [0.25, 0.3) is 0 Å². The first kappa shape index (κ1) is 13.5.